The Bertz CT molecular complexity index is 953. The van der Waals surface area contributed by atoms with Gasteiger partial charge in [0.15, 0.2) is 11.6 Å². The predicted molar refractivity (Wildman–Crippen MR) is 104 cm³/mol. The smallest absolute Gasteiger partial charge is 0.255 e. The fourth-order valence-electron chi connectivity index (χ4n) is 4.13. The molecule has 7 heteroatoms. The van der Waals surface area contributed by atoms with Gasteiger partial charge < -0.3 is 19.9 Å². The number of hydrogen-bond donors (Lipinski definition) is 1. The molecule has 5 rings (SSSR count). The summed E-state index contributed by atoms with van der Waals surface area (Å²) in [5.74, 6) is 1.34. The molecule has 2 aromatic rings. The number of amides is 2. The Hall–Kier alpha value is -3.09. The van der Waals surface area contributed by atoms with Gasteiger partial charge in [0.05, 0.1) is 12.1 Å². The third-order valence-electron chi connectivity index (χ3n) is 5.64. The molecule has 1 N–H and O–H groups in total. The van der Waals surface area contributed by atoms with Gasteiger partial charge in [0.1, 0.15) is 6.61 Å². The Labute approximate surface area is 163 Å². The van der Waals surface area contributed by atoms with Crippen molar-refractivity contribution < 1.29 is 14.3 Å². The quantitative estimate of drug-likeness (QED) is 0.869. The van der Waals surface area contributed by atoms with Crippen molar-refractivity contribution in [1.82, 2.24) is 15.2 Å². The van der Waals surface area contributed by atoms with Crippen molar-refractivity contribution in [3.63, 3.8) is 0 Å². The van der Waals surface area contributed by atoms with E-state index < -0.39 is 0 Å². The molecule has 0 atom stereocenters. The third-order valence-corrected chi connectivity index (χ3v) is 5.64. The highest BCUT2D eigenvalue weighted by Crippen LogP contribution is 2.36. The molecule has 0 aliphatic carbocycles. The Morgan fingerprint density at radius 1 is 1.11 bits per heavy atom. The number of nitrogens with zero attached hydrogens (tertiary/aromatic N) is 3. The molecular weight excluding hydrogens is 356 g/mol. The Morgan fingerprint density at radius 2 is 1.96 bits per heavy atom. The number of fused-ring (bicyclic) bond motifs is 2. The first-order valence-corrected chi connectivity index (χ1v) is 9.81. The van der Waals surface area contributed by atoms with Gasteiger partial charge in [0.25, 0.3) is 11.8 Å². The second-order valence-corrected chi connectivity index (χ2v) is 7.42. The number of ether oxygens (including phenoxy) is 1. The van der Waals surface area contributed by atoms with Gasteiger partial charge in [-0.25, -0.2) is 4.98 Å². The molecule has 1 fully saturated rings. The summed E-state index contributed by atoms with van der Waals surface area (Å²) in [5.41, 5.74) is 3.27. The minimum atomic E-state index is -0.0251. The first-order valence-electron chi connectivity index (χ1n) is 9.81. The van der Waals surface area contributed by atoms with Crippen molar-refractivity contribution in [1.29, 1.82) is 0 Å². The lowest BCUT2D eigenvalue weighted by atomic mass is 10.1. The number of pyridine rings is 1. The first-order chi connectivity index (χ1) is 13.7. The van der Waals surface area contributed by atoms with Gasteiger partial charge in [-0.2, -0.15) is 0 Å². The molecule has 0 unspecified atom stereocenters. The maximum atomic E-state index is 12.8. The molecule has 144 valence electrons. The van der Waals surface area contributed by atoms with Crippen LogP contribution in [0.15, 0.2) is 30.5 Å². The molecule has 0 radical (unpaired) electrons. The van der Waals surface area contributed by atoms with Crippen LogP contribution in [-0.2, 0) is 6.54 Å². The van der Waals surface area contributed by atoms with Crippen LogP contribution in [0.25, 0.3) is 0 Å². The van der Waals surface area contributed by atoms with E-state index in [-0.39, 0.29) is 11.8 Å². The number of anilines is 2. The van der Waals surface area contributed by atoms with Crippen LogP contribution < -0.4 is 15.0 Å². The minimum absolute atomic E-state index is 0.0251. The van der Waals surface area contributed by atoms with Crippen LogP contribution in [-0.4, -0.2) is 47.9 Å². The number of rotatable bonds is 2. The average Bonchev–Trinajstić information content (AvgIpc) is 3.13. The van der Waals surface area contributed by atoms with Crippen LogP contribution >= 0.6 is 0 Å². The van der Waals surface area contributed by atoms with E-state index in [1.54, 1.807) is 6.20 Å². The summed E-state index contributed by atoms with van der Waals surface area (Å²) >= 11 is 0. The van der Waals surface area contributed by atoms with Gasteiger partial charge in [-0.15, -0.1) is 0 Å². The zero-order chi connectivity index (χ0) is 19.1. The number of aromatic nitrogens is 1. The molecule has 7 nitrogen and oxygen atoms in total. The van der Waals surface area contributed by atoms with Gasteiger partial charge in [-0.05, 0) is 49.1 Å². The van der Waals surface area contributed by atoms with E-state index >= 15 is 0 Å². The number of nitrogens with one attached hydrogen (secondary N) is 1. The summed E-state index contributed by atoms with van der Waals surface area (Å²) in [5, 5.41) is 2.85. The normalized spacial score (nSPS) is 18.2. The zero-order valence-electron chi connectivity index (χ0n) is 15.6. The molecule has 1 aromatic heterocycles. The molecule has 28 heavy (non-hydrogen) atoms. The predicted octanol–water partition coefficient (Wildman–Crippen LogP) is 2.48. The number of carbonyl (C=O) groups is 2. The Kier molecular flexibility index (Phi) is 4.15. The topological polar surface area (TPSA) is 74.8 Å². The molecular formula is C21H22N4O3. The Balaban J connectivity index is 1.44. The standard InChI is InChI=1S/C21H22N4O3/c26-20-17-5-4-16(10-14(17)12-23-20)25-8-9-28-18-11-15(13-22-19(18)25)21(27)24-6-2-1-3-7-24/h4-5,10-11,13H,1-3,6-9,12H2,(H,23,26). The molecule has 1 aromatic carbocycles. The SMILES string of the molecule is O=C1NCc2cc(N3CCOc4cc(C(=O)N5CCCCC5)cnc43)ccc21. The van der Waals surface area contributed by atoms with Crippen molar-refractivity contribution in [2.75, 3.05) is 31.1 Å². The highest BCUT2D eigenvalue weighted by atomic mass is 16.5. The number of piperidine rings is 1. The number of carbonyl (C=O) groups excluding carboxylic acids is 2. The van der Waals surface area contributed by atoms with Gasteiger partial charge in [0.2, 0.25) is 0 Å². The second kappa shape index (κ2) is 6.82. The average molecular weight is 378 g/mol. The number of benzene rings is 1. The van der Waals surface area contributed by atoms with Crippen molar-refractivity contribution in [2.24, 2.45) is 0 Å². The molecule has 0 bridgehead atoms. The van der Waals surface area contributed by atoms with Gasteiger partial charge >= 0.3 is 0 Å². The van der Waals surface area contributed by atoms with Crippen molar-refractivity contribution in [2.45, 2.75) is 25.8 Å². The van der Waals surface area contributed by atoms with Crippen molar-refractivity contribution in [3.8, 4) is 5.75 Å². The fraction of sp³-hybridized carbons (Fsp3) is 0.381. The van der Waals surface area contributed by atoms with Crippen LogP contribution in [0.1, 0.15) is 45.5 Å². The van der Waals surface area contributed by atoms with E-state index in [1.807, 2.05) is 29.2 Å². The van der Waals surface area contributed by atoms with E-state index in [2.05, 4.69) is 15.2 Å². The summed E-state index contributed by atoms with van der Waals surface area (Å²) < 4.78 is 5.82. The van der Waals surface area contributed by atoms with Crippen molar-refractivity contribution in [3.05, 3.63) is 47.2 Å². The molecule has 0 saturated carbocycles. The molecule has 1 saturated heterocycles. The van der Waals surface area contributed by atoms with Gasteiger partial charge in [-0.3, -0.25) is 9.59 Å². The van der Waals surface area contributed by atoms with Crippen molar-refractivity contribution >= 4 is 23.3 Å². The zero-order valence-corrected chi connectivity index (χ0v) is 15.6. The maximum Gasteiger partial charge on any atom is 0.255 e. The molecule has 4 heterocycles. The van der Waals surface area contributed by atoms with E-state index in [9.17, 15) is 9.59 Å². The maximum absolute atomic E-state index is 12.8. The lowest BCUT2D eigenvalue weighted by Crippen LogP contribution is -2.36. The lowest BCUT2D eigenvalue weighted by Gasteiger charge is -2.31. The highest BCUT2D eigenvalue weighted by Gasteiger charge is 2.26. The van der Waals surface area contributed by atoms with Crippen LogP contribution in [0.5, 0.6) is 5.75 Å². The van der Waals surface area contributed by atoms with Gasteiger partial charge in [-0.1, -0.05) is 0 Å². The highest BCUT2D eigenvalue weighted by molar-refractivity contribution is 5.99. The summed E-state index contributed by atoms with van der Waals surface area (Å²) in [4.78, 5) is 33.1. The number of likely N-dealkylation sites (tertiary alicyclic amines) is 1. The van der Waals surface area contributed by atoms with E-state index in [1.165, 1.54) is 6.42 Å². The Morgan fingerprint density at radius 3 is 2.82 bits per heavy atom. The van der Waals surface area contributed by atoms with Gasteiger partial charge in [0, 0.05) is 37.1 Å². The second-order valence-electron chi connectivity index (χ2n) is 7.42. The van der Waals surface area contributed by atoms with E-state index in [0.717, 1.165) is 42.7 Å². The largest absolute Gasteiger partial charge is 0.488 e. The summed E-state index contributed by atoms with van der Waals surface area (Å²) in [6.07, 6.45) is 4.95. The minimum Gasteiger partial charge on any atom is -0.488 e. The molecule has 2 amide bonds. The lowest BCUT2D eigenvalue weighted by molar-refractivity contribution is 0.0723. The molecule has 3 aliphatic heterocycles. The monoisotopic (exact) mass is 378 g/mol. The number of hydrogen-bond acceptors (Lipinski definition) is 5. The van der Waals surface area contributed by atoms with Crippen LogP contribution in [0.2, 0.25) is 0 Å². The van der Waals surface area contributed by atoms with E-state index in [4.69, 9.17) is 4.74 Å². The summed E-state index contributed by atoms with van der Waals surface area (Å²) in [7, 11) is 0. The fourth-order valence-corrected chi connectivity index (χ4v) is 4.13. The van der Waals surface area contributed by atoms with Crippen LogP contribution in [0, 0.1) is 0 Å². The molecule has 3 aliphatic rings. The first kappa shape index (κ1) is 17.0. The summed E-state index contributed by atoms with van der Waals surface area (Å²) in [6.45, 7) is 3.36. The summed E-state index contributed by atoms with van der Waals surface area (Å²) in [6, 6.07) is 7.63. The van der Waals surface area contributed by atoms with E-state index in [0.29, 0.717) is 36.8 Å². The van der Waals surface area contributed by atoms with Crippen LogP contribution in [0.3, 0.4) is 0 Å². The molecule has 0 spiro atoms. The third kappa shape index (κ3) is 2.87. The van der Waals surface area contributed by atoms with Crippen LogP contribution in [0.4, 0.5) is 11.5 Å².